The van der Waals surface area contributed by atoms with Gasteiger partial charge in [-0.15, -0.1) is 0 Å². The van der Waals surface area contributed by atoms with Gasteiger partial charge >= 0.3 is 5.97 Å². The molecule has 0 saturated carbocycles. The van der Waals surface area contributed by atoms with Crippen molar-refractivity contribution in [1.82, 2.24) is 0 Å². The average Bonchev–Trinajstić information content (AvgIpc) is 2.82. The van der Waals surface area contributed by atoms with Crippen LogP contribution in [0.2, 0.25) is 0 Å². The summed E-state index contributed by atoms with van der Waals surface area (Å²) in [6.07, 6.45) is 0.676. The van der Waals surface area contributed by atoms with E-state index in [9.17, 15) is 9.90 Å². The van der Waals surface area contributed by atoms with Crippen LogP contribution in [0.25, 0.3) is 0 Å². The molecular weight excluding hydrogens is 376 g/mol. The van der Waals surface area contributed by atoms with E-state index in [2.05, 4.69) is 20.8 Å². The maximum absolute atomic E-state index is 11.6. The number of ether oxygens (including phenoxy) is 3. The Kier molecular flexibility index (Phi) is 6.79. The lowest BCUT2D eigenvalue weighted by Crippen LogP contribution is -2.32. The van der Waals surface area contributed by atoms with Gasteiger partial charge in [0.1, 0.15) is 11.5 Å². The van der Waals surface area contributed by atoms with Crippen LogP contribution in [0.15, 0.2) is 0 Å². The molecule has 0 radical (unpaired) electrons. The smallest absolute Gasteiger partial charge is 0.308 e. The van der Waals surface area contributed by atoms with Crippen LogP contribution >= 0.6 is 11.8 Å². The van der Waals surface area contributed by atoms with Gasteiger partial charge in [0.2, 0.25) is 0 Å². The molecule has 1 aliphatic rings. The first kappa shape index (κ1) is 23.0. The van der Waals surface area contributed by atoms with E-state index in [1.165, 1.54) is 6.92 Å². The summed E-state index contributed by atoms with van der Waals surface area (Å²) in [5.41, 5.74) is 2.67. The topological polar surface area (TPSA) is 65.0 Å². The number of benzene rings is 1. The van der Waals surface area contributed by atoms with Crippen molar-refractivity contribution in [1.29, 1.82) is 0 Å². The average molecular weight is 411 g/mol. The van der Waals surface area contributed by atoms with Crippen molar-refractivity contribution in [2.75, 3.05) is 6.61 Å². The molecule has 28 heavy (non-hydrogen) atoms. The summed E-state index contributed by atoms with van der Waals surface area (Å²) in [7, 11) is 0. The lowest BCUT2D eigenvalue weighted by molar-refractivity contribution is -0.158. The van der Waals surface area contributed by atoms with Crippen molar-refractivity contribution in [3.05, 3.63) is 22.3 Å². The molecule has 0 spiro atoms. The van der Waals surface area contributed by atoms with Gasteiger partial charge in [-0.1, -0.05) is 13.8 Å². The molecule has 1 saturated heterocycles. The highest BCUT2D eigenvalue weighted by Crippen LogP contribution is 2.50. The van der Waals surface area contributed by atoms with Crippen LogP contribution in [0.4, 0.5) is 0 Å². The van der Waals surface area contributed by atoms with Crippen LogP contribution in [0.5, 0.6) is 11.5 Å². The molecule has 1 aliphatic heterocycles. The van der Waals surface area contributed by atoms with Gasteiger partial charge in [-0.05, 0) is 64.3 Å². The van der Waals surface area contributed by atoms with Gasteiger partial charge in [-0.25, -0.2) is 0 Å². The summed E-state index contributed by atoms with van der Waals surface area (Å²) in [4.78, 5) is 11.6. The fourth-order valence-corrected chi connectivity index (χ4v) is 5.37. The van der Waals surface area contributed by atoms with Crippen molar-refractivity contribution >= 4 is 17.7 Å². The Labute approximate surface area is 173 Å². The first-order valence-corrected chi connectivity index (χ1v) is 10.7. The van der Waals surface area contributed by atoms with E-state index in [0.29, 0.717) is 24.0 Å². The number of esters is 1. The number of phenols is 1. The minimum atomic E-state index is -0.620. The summed E-state index contributed by atoms with van der Waals surface area (Å²) < 4.78 is 17.5. The summed E-state index contributed by atoms with van der Waals surface area (Å²) >= 11 is 1.77. The Morgan fingerprint density at radius 2 is 1.79 bits per heavy atom. The molecule has 0 aliphatic carbocycles. The SMILES string of the molecule is CC(=O)Oc1c(C)c(C)c(O)c(C(C[C@@]2(C)COC(C)(C)O2)SC(C)C)c1C. The first-order valence-electron chi connectivity index (χ1n) is 9.77. The van der Waals surface area contributed by atoms with Crippen LogP contribution in [-0.2, 0) is 14.3 Å². The largest absolute Gasteiger partial charge is 0.507 e. The third-order valence-corrected chi connectivity index (χ3v) is 6.37. The zero-order valence-electron chi connectivity index (χ0n) is 18.6. The number of hydrogen-bond acceptors (Lipinski definition) is 6. The fourth-order valence-electron chi connectivity index (χ4n) is 3.84. The Bertz CT molecular complexity index is 756. The predicted octanol–water partition coefficient (Wildman–Crippen LogP) is 5.36. The molecule has 1 N–H and O–H groups in total. The highest BCUT2D eigenvalue weighted by Gasteiger charge is 2.44. The second-order valence-corrected chi connectivity index (χ2v) is 10.5. The molecule has 1 fully saturated rings. The van der Waals surface area contributed by atoms with E-state index in [1.54, 1.807) is 11.8 Å². The van der Waals surface area contributed by atoms with Crippen molar-refractivity contribution in [2.45, 2.75) is 90.6 Å². The van der Waals surface area contributed by atoms with E-state index in [0.717, 1.165) is 22.3 Å². The molecule has 0 bridgehead atoms. The first-order chi connectivity index (χ1) is 12.8. The van der Waals surface area contributed by atoms with E-state index in [4.69, 9.17) is 14.2 Å². The van der Waals surface area contributed by atoms with Crippen LogP contribution in [-0.4, -0.2) is 34.3 Å². The molecule has 2 rings (SSSR count). The molecule has 0 amide bonds. The quantitative estimate of drug-likeness (QED) is 0.503. The molecule has 1 heterocycles. The normalized spacial score (nSPS) is 22.5. The van der Waals surface area contributed by atoms with Crippen molar-refractivity contribution in [3.63, 3.8) is 0 Å². The molecule has 1 aromatic rings. The van der Waals surface area contributed by atoms with Crippen molar-refractivity contribution in [2.24, 2.45) is 0 Å². The Morgan fingerprint density at radius 3 is 2.25 bits per heavy atom. The Hall–Kier alpha value is -1.24. The van der Waals surface area contributed by atoms with Gasteiger partial charge in [-0.3, -0.25) is 4.79 Å². The van der Waals surface area contributed by atoms with E-state index in [-0.39, 0.29) is 17.0 Å². The number of hydrogen-bond donors (Lipinski definition) is 1. The highest BCUT2D eigenvalue weighted by molar-refractivity contribution is 8.00. The molecule has 6 heteroatoms. The number of thioether (sulfide) groups is 1. The van der Waals surface area contributed by atoms with E-state index >= 15 is 0 Å². The highest BCUT2D eigenvalue weighted by atomic mass is 32.2. The molecule has 2 atom stereocenters. The zero-order valence-corrected chi connectivity index (χ0v) is 19.4. The summed E-state index contributed by atoms with van der Waals surface area (Å²) in [5.74, 6) is -0.172. The fraction of sp³-hybridized carbons (Fsp3) is 0.682. The van der Waals surface area contributed by atoms with Gasteiger partial charge in [0.25, 0.3) is 0 Å². The Morgan fingerprint density at radius 1 is 1.18 bits per heavy atom. The van der Waals surface area contributed by atoms with Gasteiger partial charge in [0, 0.05) is 23.3 Å². The number of phenolic OH excluding ortho intramolecular Hbond substituents is 1. The summed E-state index contributed by atoms with van der Waals surface area (Å²) in [6.45, 7) is 17.7. The number of carbonyl (C=O) groups is 1. The van der Waals surface area contributed by atoms with E-state index in [1.807, 2.05) is 34.6 Å². The number of aromatic hydroxyl groups is 1. The maximum Gasteiger partial charge on any atom is 0.308 e. The van der Waals surface area contributed by atoms with Crippen LogP contribution in [0, 0.1) is 20.8 Å². The second kappa shape index (κ2) is 8.25. The summed E-state index contributed by atoms with van der Waals surface area (Å²) in [5, 5.41) is 11.4. The Balaban J connectivity index is 2.54. The standard InChI is InChI=1S/C22H34O5S/c1-12(2)28-17(10-22(9)11-25-21(7,8)27-22)18-15(5)20(26-16(6)23)14(4)13(3)19(18)24/h12,17,24H,10-11H2,1-9H3/t17?,22-/m0/s1. The van der Waals surface area contributed by atoms with Gasteiger partial charge < -0.3 is 19.3 Å². The summed E-state index contributed by atoms with van der Waals surface area (Å²) in [6, 6.07) is 0. The van der Waals surface area contributed by atoms with Crippen molar-refractivity contribution in [3.8, 4) is 11.5 Å². The predicted molar refractivity (Wildman–Crippen MR) is 113 cm³/mol. The lowest BCUT2D eigenvalue weighted by Gasteiger charge is -2.32. The third-order valence-electron chi connectivity index (χ3n) is 5.10. The van der Waals surface area contributed by atoms with Gasteiger partial charge in [0.15, 0.2) is 5.79 Å². The molecule has 1 aromatic carbocycles. The molecule has 158 valence electrons. The minimum Gasteiger partial charge on any atom is -0.507 e. The van der Waals surface area contributed by atoms with Gasteiger partial charge in [-0.2, -0.15) is 11.8 Å². The molecular formula is C22H34O5S. The molecule has 1 unspecified atom stereocenters. The minimum absolute atomic E-state index is 0.0314. The van der Waals surface area contributed by atoms with Gasteiger partial charge in [0.05, 0.1) is 12.2 Å². The number of carbonyl (C=O) groups excluding carboxylic acids is 1. The molecule has 5 nitrogen and oxygen atoms in total. The molecule has 0 aromatic heterocycles. The van der Waals surface area contributed by atoms with Crippen LogP contribution < -0.4 is 4.74 Å². The van der Waals surface area contributed by atoms with Crippen LogP contribution in [0.3, 0.4) is 0 Å². The van der Waals surface area contributed by atoms with Crippen molar-refractivity contribution < 1.29 is 24.1 Å². The lowest BCUT2D eigenvalue weighted by atomic mass is 9.90. The van der Waals surface area contributed by atoms with E-state index < -0.39 is 11.4 Å². The third kappa shape index (κ3) is 5.02. The second-order valence-electron chi connectivity index (χ2n) is 8.68. The van der Waals surface area contributed by atoms with Crippen LogP contribution in [0.1, 0.15) is 75.5 Å². The maximum atomic E-state index is 11.6. The number of rotatable bonds is 6. The monoisotopic (exact) mass is 410 g/mol. The zero-order chi connectivity index (χ0) is 21.4.